The highest BCUT2D eigenvalue weighted by Gasteiger charge is 2.08. The molecule has 1 aromatic carbocycles. The number of amides is 1. The Balaban J connectivity index is 2.30. The highest BCUT2D eigenvalue weighted by molar-refractivity contribution is 6.00. The average molecular weight is 282 g/mol. The lowest BCUT2D eigenvalue weighted by Gasteiger charge is -1.98. The Bertz CT molecular complexity index is 764. The monoisotopic (exact) mass is 282 g/mol. The summed E-state index contributed by atoms with van der Waals surface area (Å²) < 4.78 is 5.47. The Kier molecular flexibility index (Phi) is 3.86. The average Bonchev–Trinajstić information content (AvgIpc) is 2.93. The number of primary amides is 1. The highest BCUT2D eigenvalue weighted by Crippen LogP contribution is 2.23. The van der Waals surface area contributed by atoms with E-state index in [9.17, 15) is 9.59 Å². The second kappa shape index (κ2) is 5.75. The number of rotatable bonds is 4. The van der Waals surface area contributed by atoms with Crippen molar-refractivity contribution >= 4 is 18.0 Å². The van der Waals surface area contributed by atoms with Crippen LogP contribution >= 0.6 is 0 Å². The molecule has 2 aromatic rings. The number of nitrogens with two attached hydrogens (primary N) is 1. The molecule has 0 radical (unpaired) electrons. The fourth-order valence-electron chi connectivity index (χ4n) is 1.66. The lowest BCUT2D eigenvalue weighted by atomic mass is 10.1. The van der Waals surface area contributed by atoms with E-state index in [1.165, 1.54) is 18.2 Å². The number of hydrogen-bond acceptors (Lipinski definition) is 4. The molecular weight excluding hydrogens is 272 g/mol. The van der Waals surface area contributed by atoms with Crippen molar-refractivity contribution in [3.05, 3.63) is 53.3 Å². The van der Waals surface area contributed by atoms with Crippen LogP contribution in [0.2, 0.25) is 0 Å². The van der Waals surface area contributed by atoms with Gasteiger partial charge in [0.2, 0.25) is 0 Å². The first-order chi connectivity index (χ1) is 10.0. The smallest absolute Gasteiger partial charge is 0.335 e. The first kappa shape index (κ1) is 14.1. The summed E-state index contributed by atoms with van der Waals surface area (Å²) in [5, 5.41) is 17.6. The Morgan fingerprint density at radius 1 is 1.19 bits per heavy atom. The van der Waals surface area contributed by atoms with Crippen LogP contribution in [0.25, 0.3) is 17.4 Å². The zero-order valence-electron chi connectivity index (χ0n) is 10.7. The van der Waals surface area contributed by atoms with Crippen molar-refractivity contribution in [2.24, 2.45) is 5.73 Å². The second-order valence-corrected chi connectivity index (χ2v) is 4.12. The second-order valence-electron chi connectivity index (χ2n) is 4.12. The van der Waals surface area contributed by atoms with E-state index in [-0.39, 0.29) is 11.1 Å². The summed E-state index contributed by atoms with van der Waals surface area (Å²) in [5.74, 6) is -1.05. The van der Waals surface area contributed by atoms with Crippen LogP contribution in [0.5, 0.6) is 0 Å². The van der Waals surface area contributed by atoms with E-state index in [1.54, 1.807) is 30.3 Å². The van der Waals surface area contributed by atoms with E-state index in [2.05, 4.69) is 0 Å². The minimum Gasteiger partial charge on any atom is -0.478 e. The van der Waals surface area contributed by atoms with Gasteiger partial charge in [-0.2, -0.15) is 5.26 Å². The first-order valence-corrected chi connectivity index (χ1v) is 5.86. The zero-order valence-corrected chi connectivity index (χ0v) is 10.7. The van der Waals surface area contributed by atoms with E-state index in [4.69, 9.17) is 20.5 Å². The maximum atomic E-state index is 10.9. The molecule has 0 atom stereocenters. The molecule has 0 aliphatic heterocycles. The predicted octanol–water partition coefficient (Wildman–Crippen LogP) is 2.04. The van der Waals surface area contributed by atoms with E-state index >= 15 is 0 Å². The number of furan rings is 1. The summed E-state index contributed by atoms with van der Waals surface area (Å²) in [6.07, 6.45) is 1.25. The van der Waals surface area contributed by atoms with Crippen molar-refractivity contribution in [1.82, 2.24) is 0 Å². The summed E-state index contributed by atoms with van der Waals surface area (Å²) in [5.41, 5.74) is 5.67. The molecule has 0 spiro atoms. The van der Waals surface area contributed by atoms with Crippen molar-refractivity contribution in [2.45, 2.75) is 0 Å². The molecule has 3 N–H and O–H groups in total. The zero-order chi connectivity index (χ0) is 15.4. The Hall–Kier alpha value is -3.33. The highest BCUT2D eigenvalue weighted by atomic mass is 16.4. The molecule has 0 bridgehead atoms. The maximum absolute atomic E-state index is 10.9. The minimum absolute atomic E-state index is 0.172. The van der Waals surface area contributed by atoms with Crippen molar-refractivity contribution in [1.29, 1.82) is 5.26 Å². The molecule has 1 heterocycles. The van der Waals surface area contributed by atoms with E-state index < -0.39 is 11.9 Å². The Morgan fingerprint density at radius 2 is 1.86 bits per heavy atom. The third-order valence-corrected chi connectivity index (χ3v) is 2.72. The molecular formula is C15H10N2O4. The maximum Gasteiger partial charge on any atom is 0.335 e. The normalized spacial score (nSPS) is 10.9. The summed E-state index contributed by atoms with van der Waals surface area (Å²) in [6.45, 7) is 0. The Morgan fingerprint density at radius 3 is 2.38 bits per heavy atom. The summed E-state index contributed by atoms with van der Waals surface area (Å²) >= 11 is 0. The molecule has 0 unspecified atom stereocenters. The summed E-state index contributed by atoms with van der Waals surface area (Å²) in [4.78, 5) is 21.7. The van der Waals surface area contributed by atoms with Crippen LogP contribution in [0.15, 0.2) is 46.4 Å². The molecule has 1 aromatic heterocycles. The molecule has 0 saturated heterocycles. The largest absolute Gasteiger partial charge is 0.478 e. The SMILES string of the molecule is N#CC(=Cc1ccc(-c2ccc(C(=O)O)cc2)o1)C(N)=O. The third kappa shape index (κ3) is 3.16. The van der Waals surface area contributed by atoms with Gasteiger partial charge in [0.15, 0.2) is 0 Å². The standard InChI is InChI=1S/C15H10N2O4/c16-8-11(14(17)18)7-12-5-6-13(21-12)9-1-3-10(4-2-9)15(19)20/h1-7H,(H2,17,18)(H,19,20). The van der Waals surface area contributed by atoms with Gasteiger partial charge in [0.05, 0.1) is 5.56 Å². The number of carbonyl (C=O) groups is 2. The van der Waals surface area contributed by atoms with E-state index in [1.807, 2.05) is 0 Å². The van der Waals surface area contributed by atoms with E-state index in [0.717, 1.165) is 0 Å². The molecule has 1 amide bonds. The lowest BCUT2D eigenvalue weighted by molar-refractivity contribution is -0.114. The Labute approximate surface area is 119 Å². The number of carbonyl (C=O) groups excluding carboxylic acids is 1. The van der Waals surface area contributed by atoms with Gasteiger partial charge in [-0.15, -0.1) is 0 Å². The van der Waals surface area contributed by atoms with Gasteiger partial charge in [0, 0.05) is 11.6 Å². The number of nitriles is 1. The van der Waals surface area contributed by atoms with Crippen LogP contribution < -0.4 is 5.73 Å². The van der Waals surface area contributed by atoms with Gasteiger partial charge in [0.1, 0.15) is 23.2 Å². The van der Waals surface area contributed by atoms with Gasteiger partial charge in [-0.3, -0.25) is 4.79 Å². The number of benzene rings is 1. The third-order valence-electron chi connectivity index (χ3n) is 2.72. The van der Waals surface area contributed by atoms with Crippen LogP contribution in [0, 0.1) is 11.3 Å². The molecule has 0 fully saturated rings. The summed E-state index contributed by atoms with van der Waals surface area (Å²) in [7, 11) is 0. The number of carboxylic acids is 1. The van der Waals surface area contributed by atoms with Crippen LogP contribution in [0.1, 0.15) is 16.1 Å². The van der Waals surface area contributed by atoms with Gasteiger partial charge < -0.3 is 15.3 Å². The molecule has 104 valence electrons. The number of nitrogens with zero attached hydrogens (tertiary/aromatic N) is 1. The molecule has 21 heavy (non-hydrogen) atoms. The van der Waals surface area contributed by atoms with Crippen LogP contribution in [-0.2, 0) is 4.79 Å². The van der Waals surface area contributed by atoms with Crippen LogP contribution in [-0.4, -0.2) is 17.0 Å². The fourth-order valence-corrected chi connectivity index (χ4v) is 1.66. The van der Waals surface area contributed by atoms with Crippen molar-refractivity contribution in [3.63, 3.8) is 0 Å². The molecule has 0 aliphatic rings. The van der Waals surface area contributed by atoms with Gasteiger partial charge >= 0.3 is 5.97 Å². The molecule has 2 rings (SSSR count). The van der Waals surface area contributed by atoms with E-state index in [0.29, 0.717) is 17.1 Å². The quantitative estimate of drug-likeness (QED) is 0.657. The molecule has 6 heteroatoms. The molecule has 6 nitrogen and oxygen atoms in total. The number of carboxylic acid groups (broad SMARTS) is 1. The molecule has 0 aliphatic carbocycles. The van der Waals surface area contributed by atoms with Crippen molar-refractivity contribution < 1.29 is 19.1 Å². The van der Waals surface area contributed by atoms with Gasteiger partial charge in [-0.05, 0) is 24.3 Å². The predicted molar refractivity (Wildman–Crippen MR) is 73.9 cm³/mol. The lowest BCUT2D eigenvalue weighted by Crippen LogP contribution is -2.12. The summed E-state index contributed by atoms with van der Waals surface area (Å²) in [6, 6.07) is 11.0. The molecule has 0 saturated carbocycles. The van der Waals surface area contributed by atoms with Gasteiger partial charge in [0.25, 0.3) is 5.91 Å². The minimum atomic E-state index is -1.01. The number of aromatic carboxylic acids is 1. The van der Waals surface area contributed by atoms with Crippen LogP contribution in [0.3, 0.4) is 0 Å². The topological polar surface area (TPSA) is 117 Å². The van der Waals surface area contributed by atoms with Gasteiger partial charge in [-0.25, -0.2) is 4.79 Å². The van der Waals surface area contributed by atoms with Gasteiger partial charge in [-0.1, -0.05) is 12.1 Å². The first-order valence-electron chi connectivity index (χ1n) is 5.86. The van der Waals surface area contributed by atoms with Crippen molar-refractivity contribution in [2.75, 3.05) is 0 Å². The number of hydrogen-bond donors (Lipinski definition) is 2. The fraction of sp³-hybridized carbons (Fsp3) is 0. The van der Waals surface area contributed by atoms with Crippen molar-refractivity contribution in [3.8, 4) is 17.4 Å². The van der Waals surface area contributed by atoms with Crippen LogP contribution in [0.4, 0.5) is 0 Å².